The highest BCUT2D eigenvalue weighted by Crippen LogP contribution is 2.35. The summed E-state index contributed by atoms with van der Waals surface area (Å²) in [6.45, 7) is 0.883. The van der Waals surface area contributed by atoms with Crippen LogP contribution in [0.4, 0.5) is 0 Å². The highest BCUT2D eigenvalue weighted by molar-refractivity contribution is 7.05. The number of carbonyl (C=O) groups excluding carboxylic acids is 4. The lowest BCUT2D eigenvalue weighted by Crippen LogP contribution is -2.55. The molecule has 3 aliphatic rings. The van der Waals surface area contributed by atoms with E-state index in [9.17, 15) is 19.2 Å². The van der Waals surface area contributed by atoms with E-state index in [1.54, 1.807) is 12.4 Å². The molecule has 1 unspecified atom stereocenters. The zero-order chi connectivity index (χ0) is 25.5. The topological polar surface area (TPSA) is 138 Å². The number of hydrogen-bond acceptors (Lipinski definition) is 10. The summed E-state index contributed by atoms with van der Waals surface area (Å²) in [6.07, 6.45) is 4.80. The summed E-state index contributed by atoms with van der Waals surface area (Å²) in [4.78, 5) is 66.7. The quantitative estimate of drug-likeness (QED) is 0.503. The zero-order valence-electron chi connectivity index (χ0n) is 19.6. The summed E-state index contributed by atoms with van der Waals surface area (Å²) in [5, 5.41) is 2.91. The summed E-state index contributed by atoms with van der Waals surface area (Å²) >= 11 is 1.22. The summed E-state index contributed by atoms with van der Waals surface area (Å²) in [5.74, 6) is -1.46. The Morgan fingerprint density at radius 1 is 0.973 bits per heavy atom. The maximum Gasteiger partial charge on any atom is 0.278 e. The Labute approximate surface area is 215 Å². The predicted octanol–water partition coefficient (Wildman–Crippen LogP) is 1.69. The van der Waals surface area contributed by atoms with Gasteiger partial charge in [0.2, 0.25) is 11.8 Å². The molecule has 3 aliphatic heterocycles. The van der Waals surface area contributed by atoms with E-state index in [2.05, 4.69) is 24.6 Å². The van der Waals surface area contributed by atoms with Crippen LogP contribution in [0.2, 0.25) is 0 Å². The number of hydrogen-bond donors (Lipinski definition) is 1. The molecule has 1 atom stereocenters. The molecule has 0 aliphatic carbocycles. The SMILES string of the molecule is O=C1CCC(N2C(=O)C3=C(C2=O)N(Cc2nc(-c4cccc(-c5ccncc5)n4)ns2)CCC3)C(=O)N1. The summed E-state index contributed by atoms with van der Waals surface area (Å²) in [7, 11) is 0. The molecule has 0 bridgehead atoms. The van der Waals surface area contributed by atoms with Gasteiger partial charge in [-0.05, 0) is 55.1 Å². The molecule has 0 spiro atoms. The largest absolute Gasteiger partial charge is 0.360 e. The van der Waals surface area contributed by atoms with Gasteiger partial charge < -0.3 is 4.90 Å². The molecule has 12 heteroatoms. The van der Waals surface area contributed by atoms with Crippen molar-refractivity contribution < 1.29 is 19.2 Å². The number of amides is 4. The molecular formula is C25H21N7O4S. The Morgan fingerprint density at radius 2 is 1.78 bits per heavy atom. The predicted molar refractivity (Wildman–Crippen MR) is 131 cm³/mol. The van der Waals surface area contributed by atoms with Crippen LogP contribution in [0.15, 0.2) is 54.0 Å². The van der Waals surface area contributed by atoms with Crippen LogP contribution in [-0.4, -0.2) is 65.3 Å². The number of piperidine rings is 1. The zero-order valence-corrected chi connectivity index (χ0v) is 20.4. The molecule has 4 amide bonds. The molecule has 37 heavy (non-hydrogen) atoms. The molecule has 3 aromatic rings. The lowest BCUT2D eigenvalue weighted by molar-refractivity contribution is -0.150. The molecule has 6 rings (SSSR count). The smallest absolute Gasteiger partial charge is 0.278 e. The van der Waals surface area contributed by atoms with Gasteiger partial charge in [0.15, 0.2) is 5.82 Å². The van der Waals surface area contributed by atoms with Crippen LogP contribution in [0.25, 0.3) is 22.8 Å². The van der Waals surface area contributed by atoms with E-state index in [1.165, 1.54) is 11.5 Å². The highest BCUT2D eigenvalue weighted by atomic mass is 32.1. The second kappa shape index (κ2) is 9.28. The fraction of sp³-hybridized carbons (Fsp3) is 0.280. The number of rotatable bonds is 5. The minimum atomic E-state index is -0.975. The van der Waals surface area contributed by atoms with Gasteiger partial charge in [0, 0.05) is 36.5 Å². The van der Waals surface area contributed by atoms with Crippen molar-refractivity contribution in [1.82, 2.24) is 34.4 Å². The van der Waals surface area contributed by atoms with E-state index in [4.69, 9.17) is 0 Å². The third-order valence-electron chi connectivity index (χ3n) is 6.63. The number of nitrogens with zero attached hydrogens (tertiary/aromatic N) is 6. The second-order valence-electron chi connectivity index (χ2n) is 8.96. The van der Waals surface area contributed by atoms with Gasteiger partial charge in [-0.25, -0.2) is 9.97 Å². The Morgan fingerprint density at radius 3 is 2.59 bits per heavy atom. The van der Waals surface area contributed by atoms with Gasteiger partial charge in [0.05, 0.1) is 12.2 Å². The lowest BCUT2D eigenvalue weighted by Gasteiger charge is -2.30. The van der Waals surface area contributed by atoms with Gasteiger partial charge >= 0.3 is 0 Å². The van der Waals surface area contributed by atoms with E-state index < -0.39 is 29.7 Å². The van der Waals surface area contributed by atoms with Crippen molar-refractivity contribution in [2.24, 2.45) is 0 Å². The summed E-state index contributed by atoms with van der Waals surface area (Å²) in [5.41, 5.74) is 3.08. The highest BCUT2D eigenvalue weighted by Gasteiger charge is 2.48. The molecule has 1 fully saturated rings. The number of pyridine rings is 2. The van der Waals surface area contributed by atoms with E-state index in [0.29, 0.717) is 53.7 Å². The van der Waals surface area contributed by atoms with Crippen LogP contribution in [0.5, 0.6) is 0 Å². The molecule has 11 nitrogen and oxygen atoms in total. The van der Waals surface area contributed by atoms with Crippen molar-refractivity contribution in [3.05, 3.63) is 59.0 Å². The second-order valence-corrected chi connectivity index (χ2v) is 9.79. The Kier molecular flexibility index (Phi) is 5.80. The summed E-state index contributed by atoms with van der Waals surface area (Å²) < 4.78 is 4.48. The fourth-order valence-electron chi connectivity index (χ4n) is 4.89. The van der Waals surface area contributed by atoms with Gasteiger partial charge in [0.25, 0.3) is 11.8 Å². The van der Waals surface area contributed by atoms with Crippen molar-refractivity contribution >= 4 is 35.2 Å². The van der Waals surface area contributed by atoms with Crippen LogP contribution < -0.4 is 5.32 Å². The van der Waals surface area contributed by atoms with Crippen LogP contribution in [0.1, 0.15) is 30.7 Å². The van der Waals surface area contributed by atoms with Gasteiger partial charge in [-0.15, -0.1) is 0 Å². The molecule has 0 saturated carbocycles. The molecule has 1 saturated heterocycles. The van der Waals surface area contributed by atoms with Crippen molar-refractivity contribution in [2.75, 3.05) is 6.54 Å². The first-order valence-corrected chi connectivity index (χ1v) is 12.7. The monoisotopic (exact) mass is 515 g/mol. The standard InChI is InChI=1S/C25H21N7O4S/c33-19-7-6-18(23(34)28-19)32-24(35)15-3-2-12-31(21(15)25(32)36)13-20-29-22(30-37-20)17-5-1-4-16(27-17)14-8-10-26-11-9-14/h1,4-5,8-11,18H,2-3,6-7,12-13H2,(H,28,33,34). The van der Waals surface area contributed by atoms with Crippen molar-refractivity contribution in [3.8, 4) is 22.8 Å². The minimum absolute atomic E-state index is 0.0891. The Balaban J connectivity index is 1.22. The Hall–Kier alpha value is -4.32. The van der Waals surface area contributed by atoms with Crippen LogP contribution in [0, 0.1) is 0 Å². The van der Waals surface area contributed by atoms with E-state index in [0.717, 1.165) is 16.2 Å². The average Bonchev–Trinajstić information content (AvgIpc) is 3.48. The molecule has 3 aromatic heterocycles. The molecular weight excluding hydrogens is 494 g/mol. The van der Waals surface area contributed by atoms with Gasteiger partial charge in [0.1, 0.15) is 22.4 Å². The third-order valence-corrected chi connectivity index (χ3v) is 7.32. The lowest BCUT2D eigenvalue weighted by atomic mass is 10.0. The third kappa shape index (κ3) is 4.18. The van der Waals surface area contributed by atoms with Gasteiger partial charge in [-0.3, -0.25) is 34.4 Å². The molecule has 0 aromatic carbocycles. The maximum absolute atomic E-state index is 13.4. The molecule has 6 heterocycles. The van der Waals surface area contributed by atoms with Crippen LogP contribution in [-0.2, 0) is 25.7 Å². The number of nitrogens with one attached hydrogen (secondary N) is 1. The minimum Gasteiger partial charge on any atom is -0.360 e. The van der Waals surface area contributed by atoms with Crippen LogP contribution in [0.3, 0.4) is 0 Å². The first kappa shape index (κ1) is 23.1. The molecule has 186 valence electrons. The van der Waals surface area contributed by atoms with Crippen molar-refractivity contribution in [2.45, 2.75) is 38.3 Å². The van der Waals surface area contributed by atoms with E-state index in [1.807, 2.05) is 35.2 Å². The first-order valence-electron chi connectivity index (χ1n) is 11.9. The molecule has 0 radical (unpaired) electrons. The van der Waals surface area contributed by atoms with E-state index in [-0.39, 0.29) is 12.8 Å². The summed E-state index contributed by atoms with van der Waals surface area (Å²) in [6, 6.07) is 8.43. The molecule has 1 N–H and O–H groups in total. The normalized spacial score (nSPS) is 19.9. The van der Waals surface area contributed by atoms with Crippen molar-refractivity contribution in [1.29, 1.82) is 0 Å². The fourth-order valence-corrected chi connectivity index (χ4v) is 5.56. The first-order chi connectivity index (χ1) is 18.0. The van der Waals surface area contributed by atoms with Gasteiger partial charge in [-0.1, -0.05) is 6.07 Å². The maximum atomic E-state index is 13.4. The average molecular weight is 516 g/mol. The van der Waals surface area contributed by atoms with Gasteiger partial charge in [-0.2, -0.15) is 4.37 Å². The van der Waals surface area contributed by atoms with Crippen LogP contribution >= 0.6 is 11.5 Å². The number of aromatic nitrogens is 4. The van der Waals surface area contributed by atoms with E-state index >= 15 is 0 Å². The van der Waals surface area contributed by atoms with Crippen molar-refractivity contribution in [3.63, 3.8) is 0 Å². The number of imide groups is 2. The number of carbonyl (C=O) groups is 4. The Bertz CT molecular complexity index is 1470.